The van der Waals surface area contributed by atoms with E-state index in [1.165, 1.54) is 29.7 Å². The number of rotatable bonds is 4. The van der Waals surface area contributed by atoms with E-state index in [2.05, 4.69) is 15.0 Å². The van der Waals surface area contributed by atoms with Gasteiger partial charge in [-0.2, -0.15) is 5.26 Å². The molecule has 0 saturated heterocycles. The van der Waals surface area contributed by atoms with E-state index < -0.39 is 12.1 Å². The Kier molecular flexibility index (Phi) is 4.55. The molecule has 0 saturated carbocycles. The van der Waals surface area contributed by atoms with Gasteiger partial charge in [0.2, 0.25) is 0 Å². The molecule has 2 rings (SSSR count). The minimum absolute atomic E-state index is 0.0700. The maximum absolute atomic E-state index is 12.4. The van der Waals surface area contributed by atoms with E-state index in [1.54, 1.807) is 6.07 Å². The highest BCUT2D eigenvalue weighted by molar-refractivity contribution is 7.15. The Hall–Kier alpha value is -1.98. The SMILES string of the molecule is N#Cc1ccc(NCc2cnc(Cl)s2)c(OC(F)(F)F)c1. The summed E-state index contributed by atoms with van der Waals surface area (Å²) >= 11 is 6.88. The van der Waals surface area contributed by atoms with Gasteiger partial charge in [0.05, 0.1) is 23.9 Å². The first-order chi connectivity index (χ1) is 9.87. The largest absolute Gasteiger partial charge is 0.573 e. The molecule has 1 heterocycles. The molecule has 1 aromatic heterocycles. The molecule has 0 fully saturated rings. The lowest BCUT2D eigenvalue weighted by atomic mass is 10.2. The Balaban J connectivity index is 2.19. The zero-order chi connectivity index (χ0) is 15.5. The highest BCUT2D eigenvalue weighted by Gasteiger charge is 2.32. The number of alkyl halides is 3. The molecule has 0 radical (unpaired) electrons. The van der Waals surface area contributed by atoms with Crippen molar-refractivity contribution in [2.75, 3.05) is 5.32 Å². The maximum Gasteiger partial charge on any atom is 0.573 e. The predicted molar refractivity (Wildman–Crippen MR) is 72.3 cm³/mol. The van der Waals surface area contributed by atoms with E-state index in [0.717, 1.165) is 10.9 Å². The molecule has 110 valence electrons. The van der Waals surface area contributed by atoms with Gasteiger partial charge in [0.25, 0.3) is 0 Å². The third-order valence-electron chi connectivity index (χ3n) is 2.31. The summed E-state index contributed by atoms with van der Waals surface area (Å²) < 4.78 is 41.4. The van der Waals surface area contributed by atoms with Crippen LogP contribution in [0.1, 0.15) is 10.4 Å². The predicted octanol–water partition coefficient (Wildman–Crippen LogP) is 4.18. The molecule has 0 unspecified atom stereocenters. The molecule has 21 heavy (non-hydrogen) atoms. The third-order valence-corrected chi connectivity index (χ3v) is 3.43. The minimum Gasteiger partial charge on any atom is -0.404 e. The van der Waals surface area contributed by atoms with E-state index >= 15 is 0 Å². The molecule has 0 aliphatic rings. The van der Waals surface area contributed by atoms with Crippen molar-refractivity contribution in [2.45, 2.75) is 12.9 Å². The zero-order valence-corrected chi connectivity index (χ0v) is 11.8. The molecular formula is C12H7ClF3N3OS. The van der Waals surface area contributed by atoms with Crippen LogP contribution in [0.3, 0.4) is 0 Å². The fourth-order valence-electron chi connectivity index (χ4n) is 1.49. The number of hydrogen-bond acceptors (Lipinski definition) is 5. The summed E-state index contributed by atoms with van der Waals surface area (Å²) in [5.74, 6) is -0.461. The highest BCUT2D eigenvalue weighted by Crippen LogP contribution is 2.32. The van der Waals surface area contributed by atoms with E-state index in [1.807, 2.05) is 0 Å². The average molecular weight is 334 g/mol. The van der Waals surface area contributed by atoms with Crippen LogP contribution in [0.25, 0.3) is 0 Å². The number of nitrogens with one attached hydrogen (secondary N) is 1. The lowest BCUT2D eigenvalue weighted by molar-refractivity contribution is -0.274. The van der Waals surface area contributed by atoms with Crippen LogP contribution in [0.5, 0.6) is 5.75 Å². The van der Waals surface area contributed by atoms with Gasteiger partial charge in [-0.25, -0.2) is 4.98 Å². The van der Waals surface area contributed by atoms with Crippen LogP contribution < -0.4 is 10.1 Å². The normalized spacial score (nSPS) is 11.0. The van der Waals surface area contributed by atoms with Crippen LogP contribution in [0, 0.1) is 11.3 Å². The van der Waals surface area contributed by atoms with Crippen molar-refractivity contribution in [1.29, 1.82) is 5.26 Å². The number of halogens is 4. The Bertz CT molecular complexity index is 681. The number of nitrogens with zero attached hydrogens (tertiary/aromatic N) is 2. The summed E-state index contributed by atoms with van der Waals surface area (Å²) in [7, 11) is 0. The summed E-state index contributed by atoms with van der Waals surface area (Å²) in [6.07, 6.45) is -3.31. The molecular weight excluding hydrogens is 327 g/mol. The second-order valence-electron chi connectivity index (χ2n) is 3.80. The lowest BCUT2D eigenvalue weighted by Gasteiger charge is -2.14. The maximum atomic E-state index is 12.4. The van der Waals surface area contributed by atoms with E-state index in [9.17, 15) is 13.2 Å². The summed E-state index contributed by atoms with van der Waals surface area (Å²) in [6, 6.07) is 5.52. The van der Waals surface area contributed by atoms with Crippen molar-refractivity contribution in [3.8, 4) is 11.8 Å². The van der Waals surface area contributed by atoms with Gasteiger partial charge in [-0.3, -0.25) is 0 Å². The van der Waals surface area contributed by atoms with Crippen molar-refractivity contribution in [1.82, 2.24) is 4.98 Å². The molecule has 0 aliphatic carbocycles. The number of nitriles is 1. The van der Waals surface area contributed by atoms with Gasteiger partial charge < -0.3 is 10.1 Å². The second kappa shape index (κ2) is 6.20. The number of benzene rings is 1. The summed E-state index contributed by atoms with van der Waals surface area (Å²) in [4.78, 5) is 4.58. The number of thiazole rings is 1. The Labute approximate surface area is 126 Å². The van der Waals surface area contributed by atoms with E-state index in [-0.39, 0.29) is 17.8 Å². The fraction of sp³-hybridized carbons (Fsp3) is 0.167. The van der Waals surface area contributed by atoms with Crippen LogP contribution in [0.15, 0.2) is 24.4 Å². The summed E-state index contributed by atoms with van der Waals surface area (Å²) in [6.45, 7) is 0.241. The van der Waals surface area contributed by atoms with Crippen LogP contribution in [0.2, 0.25) is 4.47 Å². The Morgan fingerprint density at radius 1 is 1.43 bits per heavy atom. The smallest absolute Gasteiger partial charge is 0.404 e. The summed E-state index contributed by atoms with van der Waals surface area (Å²) in [5, 5.41) is 11.5. The van der Waals surface area contributed by atoms with Crippen molar-refractivity contribution in [3.05, 3.63) is 39.3 Å². The minimum atomic E-state index is -4.84. The zero-order valence-electron chi connectivity index (χ0n) is 10.2. The van der Waals surface area contributed by atoms with Gasteiger partial charge in [0.1, 0.15) is 0 Å². The average Bonchev–Trinajstić information content (AvgIpc) is 2.81. The standard InChI is InChI=1S/C12H7ClF3N3OS/c13-11-19-6-8(21-11)5-18-9-2-1-7(4-17)3-10(9)20-12(14,15)16/h1-3,6,18H,5H2. The van der Waals surface area contributed by atoms with Crippen molar-refractivity contribution in [2.24, 2.45) is 0 Å². The van der Waals surface area contributed by atoms with Gasteiger partial charge in [-0.15, -0.1) is 24.5 Å². The highest BCUT2D eigenvalue weighted by atomic mass is 35.5. The van der Waals surface area contributed by atoms with Crippen LogP contribution in [0.4, 0.5) is 18.9 Å². The number of ether oxygens (including phenoxy) is 1. The van der Waals surface area contributed by atoms with Crippen LogP contribution >= 0.6 is 22.9 Å². The first kappa shape index (κ1) is 15.4. The molecule has 0 amide bonds. The van der Waals surface area contributed by atoms with Crippen molar-refractivity contribution < 1.29 is 17.9 Å². The molecule has 0 bridgehead atoms. The molecule has 1 N–H and O–H groups in total. The quantitative estimate of drug-likeness (QED) is 0.912. The monoisotopic (exact) mass is 333 g/mol. The first-order valence-electron chi connectivity index (χ1n) is 5.51. The number of hydrogen-bond donors (Lipinski definition) is 1. The Morgan fingerprint density at radius 2 is 2.19 bits per heavy atom. The molecule has 0 aliphatic heterocycles. The van der Waals surface area contributed by atoms with Gasteiger partial charge in [0, 0.05) is 17.1 Å². The van der Waals surface area contributed by atoms with Gasteiger partial charge in [-0.1, -0.05) is 11.6 Å². The van der Waals surface area contributed by atoms with E-state index in [0.29, 0.717) is 4.47 Å². The second-order valence-corrected chi connectivity index (χ2v) is 5.50. The van der Waals surface area contributed by atoms with E-state index in [4.69, 9.17) is 16.9 Å². The molecule has 4 nitrogen and oxygen atoms in total. The molecule has 9 heteroatoms. The van der Waals surface area contributed by atoms with Gasteiger partial charge in [0.15, 0.2) is 10.2 Å². The molecule has 1 aromatic carbocycles. The third kappa shape index (κ3) is 4.51. The van der Waals surface area contributed by atoms with Crippen molar-refractivity contribution >= 4 is 28.6 Å². The first-order valence-corrected chi connectivity index (χ1v) is 6.71. The fourth-order valence-corrected chi connectivity index (χ4v) is 2.41. The molecule has 0 atom stereocenters. The topological polar surface area (TPSA) is 57.9 Å². The van der Waals surface area contributed by atoms with Gasteiger partial charge in [-0.05, 0) is 12.1 Å². The van der Waals surface area contributed by atoms with Gasteiger partial charge >= 0.3 is 6.36 Å². The van der Waals surface area contributed by atoms with Crippen molar-refractivity contribution in [3.63, 3.8) is 0 Å². The van der Waals surface area contributed by atoms with Crippen LogP contribution in [-0.4, -0.2) is 11.3 Å². The lowest BCUT2D eigenvalue weighted by Crippen LogP contribution is -2.18. The summed E-state index contributed by atoms with van der Waals surface area (Å²) in [5.41, 5.74) is 0.191. The number of anilines is 1. The van der Waals surface area contributed by atoms with Crippen LogP contribution in [-0.2, 0) is 6.54 Å². The molecule has 2 aromatic rings. The molecule has 0 spiro atoms. The Morgan fingerprint density at radius 3 is 2.76 bits per heavy atom. The number of aromatic nitrogens is 1.